The van der Waals surface area contributed by atoms with Crippen LogP contribution in [0.15, 0.2) is 12.1 Å². The Morgan fingerprint density at radius 2 is 1.65 bits per heavy atom. The topological polar surface area (TPSA) is 46.2 Å². The Kier molecular flexibility index (Phi) is 5.55. The monoisotopic (exact) mass is 355 g/mol. The van der Waals surface area contributed by atoms with E-state index in [1.54, 1.807) is 0 Å². The Balaban J connectivity index is 2.02. The van der Waals surface area contributed by atoms with Crippen molar-refractivity contribution in [3.63, 3.8) is 0 Å². The van der Waals surface area contributed by atoms with Crippen molar-refractivity contribution in [2.45, 2.75) is 90.5 Å². The molecule has 0 radical (unpaired) electrons. The molecule has 1 saturated carbocycles. The lowest BCUT2D eigenvalue weighted by atomic mass is 9.69. The van der Waals surface area contributed by atoms with Gasteiger partial charge >= 0.3 is 0 Å². The minimum Gasteiger partial charge on any atom is -0.342 e. The van der Waals surface area contributed by atoms with Gasteiger partial charge in [-0.05, 0) is 62.6 Å². The van der Waals surface area contributed by atoms with Crippen LogP contribution in [0.3, 0.4) is 0 Å². The van der Waals surface area contributed by atoms with Gasteiger partial charge in [0.15, 0.2) is 5.78 Å². The van der Waals surface area contributed by atoms with Gasteiger partial charge in [0.05, 0.1) is 0 Å². The molecule has 142 valence electrons. The van der Waals surface area contributed by atoms with Gasteiger partial charge in [-0.2, -0.15) is 0 Å². The molecule has 3 nitrogen and oxygen atoms in total. The quantitative estimate of drug-likeness (QED) is 0.763. The van der Waals surface area contributed by atoms with Crippen LogP contribution in [0.1, 0.15) is 86.5 Å². The summed E-state index contributed by atoms with van der Waals surface area (Å²) in [6.07, 6.45) is 8.56. The molecule has 1 amide bonds. The number of rotatable bonds is 5. The first-order chi connectivity index (χ1) is 12.4. The van der Waals surface area contributed by atoms with Gasteiger partial charge in [-0.25, -0.2) is 0 Å². The number of nitrogens with one attached hydrogen (secondary N) is 1. The highest BCUT2D eigenvalue weighted by atomic mass is 16.2. The molecular weight excluding hydrogens is 322 g/mol. The van der Waals surface area contributed by atoms with E-state index in [1.807, 2.05) is 13.8 Å². The van der Waals surface area contributed by atoms with Crippen LogP contribution in [0.25, 0.3) is 0 Å². The van der Waals surface area contributed by atoms with Crippen LogP contribution in [0, 0.1) is 26.7 Å². The SMILES string of the molecule is CCCCC1(C2CCCCC2)NC(=O)C(c2c(C)cc(C)cc2C)C1=O. The summed E-state index contributed by atoms with van der Waals surface area (Å²) in [5.74, 6) is -0.269. The molecule has 26 heavy (non-hydrogen) atoms. The summed E-state index contributed by atoms with van der Waals surface area (Å²) in [4.78, 5) is 26.8. The van der Waals surface area contributed by atoms with Crippen LogP contribution in [0.4, 0.5) is 0 Å². The molecule has 2 unspecified atom stereocenters. The zero-order valence-electron chi connectivity index (χ0n) is 16.8. The molecule has 1 heterocycles. The Morgan fingerprint density at radius 1 is 1.04 bits per heavy atom. The molecule has 1 aliphatic heterocycles. The van der Waals surface area contributed by atoms with Crippen LogP contribution in [0.5, 0.6) is 0 Å². The number of carbonyl (C=O) groups is 2. The molecular formula is C23H33NO2. The minimum absolute atomic E-state index is 0.0771. The molecule has 1 aliphatic carbocycles. The van der Waals surface area contributed by atoms with Crippen LogP contribution in [-0.2, 0) is 9.59 Å². The second-order valence-electron chi connectivity index (χ2n) is 8.51. The first-order valence-corrected chi connectivity index (χ1v) is 10.3. The third kappa shape index (κ3) is 3.21. The molecule has 1 aromatic carbocycles. The van der Waals surface area contributed by atoms with Crippen LogP contribution in [0.2, 0.25) is 0 Å². The van der Waals surface area contributed by atoms with Gasteiger partial charge in [0, 0.05) is 0 Å². The number of hydrogen-bond acceptors (Lipinski definition) is 2. The van der Waals surface area contributed by atoms with Gasteiger partial charge < -0.3 is 5.32 Å². The van der Waals surface area contributed by atoms with E-state index in [1.165, 1.54) is 24.8 Å². The number of Topliss-reactive ketones (excluding diaryl/α,β-unsaturated/α-hetero) is 1. The standard InChI is InChI=1S/C23H33NO2/c1-5-6-12-23(18-10-8-7-9-11-18)21(25)20(22(26)24-23)19-16(3)13-15(2)14-17(19)4/h13-14,18,20H,5-12H2,1-4H3,(H,24,26). The fourth-order valence-corrected chi connectivity index (χ4v) is 5.38. The predicted molar refractivity (Wildman–Crippen MR) is 105 cm³/mol. The molecule has 2 atom stereocenters. The Labute approximate surface area is 157 Å². The summed E-state index contributed by atoms with van der Waals surface area (Å²) in [6, 6.07) is 4.19. The zero-order valence-corrected chi connectivity index (χ0v) is 16.8. The number of hydrogen-bond donors (Lipinski definition) is 1. The van der Waals surface area contributed by atoms with Crippen molar-refractivity contribution < 1.29 is 9.59 Å². The lowest BCUT2D eigenvalue weighted by molar-refractivity contribution is -0.126. The van der Waals surface area contributed by atoms with Crippen molar-refractivity contribution in [1.82, 2.24) is 5.32 Å². The Bertz CT molecular complexity index is 679. The molecule has 1 saturated heterocycles. The lowest BCUT2D eigenvalue weighted by Gasteiger charge is -2.38. The summed E-state index contributed by atoms with van der Waals surface area (Å²) >= 11 is 0. The van der Waals surface area contributed by atoms with Gasteiger partial charge in [0.2, 0.25) is 5.91 Å². The molecule has 0 bridgehead atoms. The van der Waals surface area contributed by atoms with E-state index in [0.29, 0.717) is 5.92 Å². The molecule has 1 N–H and O–H groups in total. The van der Waals surface area contributed by atoms with E-state index >= 15 is 0 Å². The number of benzene rings is 1. The van der Waals surface area contributed by atoms with E-state index in [2.05, 4.69) is 31.3 Å². The number of carbonyl (C=O) groups excluding carboxylic acids is 2. The minimum atomic E-state index is -0.637. The Morgan fingerprint density at radius 3 is 2.23 bits per heavy atom. The van der Waals surface area contributed by atoms with E-state index < -0.39 is 11.5 Å². The average Bonchev–Trinajstić information content (AvgIpc) is 2.85. The maximum absolute atomic E-state index is 13.7. The van der Waals surface area contributed by atoms with Gasteiger partial charge in [-0.15, -0.1) is 0 Å². The summed E-state index contributed by atoms with van der Waals surface area (Å²) in [7, 11) is 0. The second-order valence-corrected chi connectivity index (χ2v) is 8.51. The smallest absolute Gasteiger partial charge is 0.235 e. The lowest BCUT2D eigenvalue weighted by Crippen LogP contribution is -2.53. The van der Waals surface area contributed by atoms with Crippen molar-refractivity contribution in [2.24, 2.45) is 5.92 Å². The fraction of sp³-hybridized carbons (Fsp3) is 0.652. The molecule has 3 heteroatoms. The highest BCUT2D eigenvalue weighted by molar-refractivity contribution is 6.17. The van der Waals surface area contributed by atoms with E-state index in [0.717, 1.165) is 48.8 Å². The molecule has 0 aromatic heterocycles. The number of aryl methyl sites for hydroxylation is 3. The summed E-state index contributed by atoms with van der Waals surface area (Å²) < 4.78 is 0. The van der Waals surface area contributed by atoms with Crippen molar-refractivity contribution in [3.8, 4) is 0 Å². The van der Waals surface area contributed by atoms with Gasteiger partial charge in [0.25, 0.3) is 0 Å². The number of amides is 1. The molecule has 1 aromatic rings. The summed E-state index contributed by atoms with van der Waals surface area (Å²) in [6.45, 7) is 8.28. The van der Waals surface area contributed by atoms with Crippen molar-refractivity contribution >= 4 is 11.7 Å². The van der Waals surface area contributed by atoms with Gasteiger partial charge in [-0.3, -0.25) is 9.59 Å². The highest BCUT2D eigenvalue weighted by Crippen LogP contribution is 2.44. The number of unbranched alkanes of at least 4 members (excludes halogenated alkanes) is 1. The Hall–Kier alpha value is -1.64. The molecule has 2 aliphatic rings. The predicted octanol–water partition coefficient (Wildman–Crippen LogP) is 4.90. The van der Waals surface area contributed by atoms with Crippen molar-refractivity contribution in [2.75, 3.05) is 0 Å². The maximum Gasteiger partial charge on any atom is 0.235 e. The van der Waals surface area contributed by atoms with E-state index in [4.69, 9.17) is 0 Å². The first-order valence-electron chi connectivity index (χ1n) is 10.3. The second kappa shape index (κ2) is 7.54. The van der Waals surface area contributed by atoms with Crippen LogP contribution < -0.4 is 5.32 Å². The normalized spacial score (nSPS) is 27.0. The largest absolute Gasteiger partial charge is 0.342 e. The molecule has 0 spiro atoms. The van der Waals surface area contributed by atoms with Crippen LogP contribution >= 0.6 is 0 Å². The summed E-state index contributed by atoms with van der Waals surface area (Å²) in [5, 5.41) is 3.25. The fourth-order valence-electron chi connectivity index (χ4n) is 5.38. The van der Waals surface area contributed by atoms with Crippen molar-refractivity contribution in [1.29, 1.82) is 0 Å². The van der Waals surface area contributed by atoms with Crippen LogP contribution in [-0.4, -0.2) is 17.2 Å². The third-order valence-electron chi connectivity index (χ3n) is 6.56. The highest BCUT2D eigenvalue weighted by Gasteiger charge is 2.56. The van der Waals surface area contributed by atoms with Gasteiger partial charge in [-0.1, -0.05) is 56.7 Å². The average molecular weight is 356 g/mol. The maximum atomic E-state index is 13.7. The number of ketones is 1. The molecule has 2 fully saturated rings. The zero-order chi connectivity index (χ0) is 18.9. The third-order valence-corrected chi connectivity index (χ3v) is 6.56. The summed E-state index contributed by atoms with van der Waals surface area (Å²) in [5.41, 5.74) is 3.60. The van der Waals surface area contributed by atoms with E-state index in [9.17, 15) is 9.59 Å². The first kappa shape index (κ1) is 19.1. The van der Waals surface area contributed by atoms with E-state index in [-0.39, 0.29) is 11.7 Å². The van der Waals surface area contributed by atoms with Gasteiger partial charge in [0.1, 0.15) is 11.5 Å². The molecule has 3 rings (SSSR count). The van der Waals surface area contributed by atoms with Crippen molar-refractivity contribution in [3.05, 3.63) is 34.4 Å².